The van der Waals surface area contributed by atoms with Gasteiger partial charge in [-0.2, -0.15) is 5.26 Å². The van der Waals surface area contributed by atoms with Crippen molar-refractivity contribution in [3.8, 4) is 6.07 Å². The van der Waals surface area contributed by atoms with Gasteiger partial charge >= 0.3 is 5.69 Å². The molecule has 1 heterocycles. The van der Waals surface area contributed by atoms with Crippen molar-refractivity contribution in [3.63, 3.8) is 0 Å². The molecular weight excluding hydrogens is 222 g/mol. The van der Waals surface area contributed by atoms with E-state index in [-0.39, 0.29) is 5.56 Å². The Hall–Kier alpha value is -1.87. The van der Waals surface area contributed by atoms with E-state index in [1.54, 1.807) is 6.07 Å². The normalized spacial score (nSPS) is 10.1. The number of nitriles is 1. The van der Waals surface area contributed by atoms with Crippen molar-refractivity contribution in [1.82, 2.24) is 9.55 Å². The minimum Gasteiger partial charge on any atom is -0.380 e. The fourth-order valence-corrected chi connectivity index (χ4v) is 1.27. The number of aromatic amines is 1. The molecule has 1 N–H and O–H groups in total. The van der Waals surface area contributed by atoms with E-state index in [0.29, 0.717) is 19.8 Å². The van der Waals surface area contributed by atoms with Crippen LogP contribution in [-0.2, 0) is 11.3 Å². The fraction of sp³-hybridized carbons (Fsp3) is 0.545. The highest BCUT2D eigenvalue weighted by Crippen LogP contribution is 1.89. The molecule has 0 amide bonds. The third-order valence-corrected chi connectivity index (χ3v) is 2.25. The minimum absolute atomic E-state index is 0.0711. The summed E-state index contributed by atoms with van der Waals surface area (Å²) in [5, 5.41) is 8.66. The summed E-state index contributed by atoms with van der Waals surface area (Å²) >= 11 is 0. The molecule has 0 fully saturated rings. The number of unbranched alkanes of at least 4 members (excludes halogenated alkanes) is 1. The SMILES string of the molecule is CCCCOCCn1cc(C#N)c(=O)[nH]c1=O. The van der Waals surface area contributed by atoms with Crippen LogP contribution in [0.2, 0.25) is 0 Å². The molecule has 0 aliphatic rings. The monoisotopic (exact) mass is 237 g/mol. The molecule has 92 valence electrons. The zero-order chi connectivity index (χ0) is 12.7. The molecule has 0 aliphatic heterocycles. The third-order valence-electron chi connectivity index (χ3n) is 2.25. The first-order valence-electron chi connectivity index (χ1n) is 5.50. The van der Waals surface area contributed by atoms with Gasteiger partial charge in [-0.05, 0) is 6.42 Å². The lowest BCUT2D eigenvalue weighted by molar-refractivity contribution is 0.122. The topological polar surface area (TPSA) is 87.9 Å². The lowest BCUT2D eigenvalue weighted by Gasteiger charge is -2.05. The average Bonchev–Trinajstić information content (AvgIpc) is 2.31. The smallest absolute Gasteiger partial charge is 0.328 e. The average molecular weight is 237 g/mol. The van der Waals surface area contributed by atoms with Crippen molar-refractivity contribution < 1.29 is 4.74 Å². The van der Waals surface area contributed by atoms with Gasteiger partial charge in [0.2, 0.25) is 0 Å². The molecule has 6 nitrogen and oxygen atoms in total. The highest BCUT2D eigenvalue weighted by atomic mass is 16.5. The second kappa shape index (κ2) is 6.66. The number of nitrogens with zero attached hydrogens (tertiary/aromatic N) is 2. The van der Waals surface area contributed by atoms with Gasteiger partial charge in [0.05, 0.1) is 13.2 Å². The van der Waals surface area contributed by atoms with Crippen molar-refractivity contribution in [2.45, 2.75) is 26.3 Å². The Kier molecular flexibility index (Phi) is 5.17. The Morgan fingerprint density at radius 2 is 2.24 bits per heavy atom. The maximum Gasteiger partial charge on any atom is 0.328 e. The van der Waals surface area contributed by atoms with Crippen LogP contribution in [0.4, 0.5) is 0 Å². The molecule has 17 heavy (non-hydrogen) atoms. The van der Waals surface area contributed by atoms with Crippen LogP contribution in [0.3, 0.4) is 0 Å². The van der Waals surface area contributed by atoms with Gasteiger partial charge in [-0.25, -0.2) is 4.79 Å². The molecule has 1 aromatic heterocycles. The first-order valence-corrected chi connectivity index (χ1v) is 5.50. The van der Waals surface area contributed by atoms with Gasteiger partial charge < -0.3 is 4.74 Å². The highest BCUT2D eigenvalue weighted by molar-refractivity contribution is 5.21. The molecular formula is C11H15N3O3. The van der Waals surface area contributed by atoms with E-state index in [0.717, 1.165) is 12.8 Å². The highest BCUT2D eigenvalue weighted by Gasteiger charge is 2.03. The summed E-state index contributed by atoms with van der Waals surface area (Å²) in [6, 6.07) is 1.73. The van der Waals surface area contributed by atoms with Gasteiger partial charge in [0.1, 0.15) is 11.6 Å². The quantitative estimate of drug-likeness (QED) is 0.717. The zero-order valence-electron chi connectivity index (χ0n) is 9.73. The van der Waals surface area contributed by atoms with Crippen LogP contribution in [0.25, 0.3) is 0 Å². The van der Waals surface area contributed by atoms with Crippen LogP contribution in [-0.4, -0.2) is 22.8 Å². The molecule has 0 saturated carbocycles. The van der Waals surface area contributed by atoms with Crippen LogP contribution in [0.15, 0.2) is 15.8 Å². The van der Waals surface area contributed by atoms with E-state index >= 15 is 0 Å². The number of hydrogen-bond acceptors (Lipinski definition) is 4. The van der Waals surface area contributed by atoms with E-state index in [2.05, 4.69) is 11.9 Å². The van der Waals surface area contributed by atoms with Crippen molar-refractivity contribution in [2.24, 2.45) is 0 Å². The number of rotatable bonds is 6. The Morgan fingerprint density at radius 3 is 2.88 bits per heavy atom. The van der Waals surface area contributed by atoms with E-state index in [4.69, 9.17) is 10.00 Å². The number of nitrogens with one attached hydrogen (secondary N) is 1. The van der Waals surface area contributed by atoms with Gasteiger partial charge in [-0.15, -0.1) is 0 Å². The van der Waals surface area contributed by atoms with Crippen LogP contribution in [0.5, 0.6) is 0 Å². The standard InChI is InChI=1S/C11H15N3O3/c1-2-3-5-17-6-4-14-8-9(7-12)10(15)13-11(14)16/h8H,2-6H2,1H3,(H,13,15,16). The molecule has 1 aromatic rings. The lowest BCUT2D eigenvalue weighted by atomic mass is 10.3. The van der Waals surface area contributed by atoms with Crippen molar-refractivity contribution in [3.05, 3.63) is 32.6 Å². The molecule has 0 radical (unpaired) electrons. The lowest BCUT2D eigenvalue weighted by Crippen LogP contribution is -2.32. The van der Waals surface area contributed by atoms with Crippen molar-refractivity contribution in [1.29, 1.82) is 5.26 Å². The molecule has 0 atom stereocenters. The largest absolute Gasteiger partial charge is 0.380 e. The van der Waals surface area contributed by atoms with Crippen molar-refractivity contribution >= 4 is 0 Å². The fourth-order valence-electron chi connectivity index (χ4n) is 1.27. The Bertz CT molecular complexity index is 510. The van der Waals surface area contributed by atoms with Crippen LogP contribution < -0.4 is 11.2 Å². The van der Waals surface area contributed by atoms with E-state index in [1.807, 2.05) is 0 Å². The van der Waals surface area contributed by atoms with Crippen LogP contribution in [0.1, 0.15) is 25.3 Å². The van der Waals surface area contributed by atoms with Gasteiger partial charge in [0.15, 0.2) is 0 Å². The molecule has 0 aliphatic carbocycles. The van der Waals surface area contributed by atoms with Gasteiger partial charge in [-0.3, -0.25) is 14.3 Å². The maximum atomic E-state index is 11.4. The second-order valence-electron chi connectivity index (χ2n) is 3.57. The summed E-state index contributed by atoms with van der Waals surface area (Å²) in [6.07, 6.45) is 3.28. The molecule has 6 heteroatoms. The van der Waals surface area contributed by atoms with Crippen LogP contribution >= 0.6 is 0 Å². The summed E-state index contributed by atoms with van der Waals surface area (Å²) in [6.45, 7) is 3.43. The predicted molar refractivity (Wildman–Crippen MR) is 61.8 cm³/mol. The molecule has 0 bridgehead atoms. The van der Waals surface area contributed by atoms with E-state index < -0.39 is 11.2 Å². The van der Waals surface area contributed by atoms with Gasteiger partial charge in [0, 0.05) is 12.8 Å². The number of H-pyrrole nitrogens is 1. The summed E-state index contributed by atoms with van der Waals surface area (Å²) < 4.78 is 6.57. The Labute approximate surface area is 98.5 Å². The molecule has 0 spiro atoms. The Morgan fingerprint density at radius 1 is 1.47 bits per heavy atom. The predicted octanol–water partition coefficient (Wildman–Crippen LogP) is 0.225. The van der Waals surface area contributed by atoms with Gasteiger partial charge in [0.25, 0.3) is 5.56 Å². The summed E-state index contributed by atoms with van der Waals surface area (Å²) in [4.78, 5) is 24.6. The first kappa shape index (κ1) is 13.2. The first-order chi connectivity index (χ1) is 8.19. The summed E-state index contributed by atoms with van der Waals surface area (Å²) in [7, 11) is 0. The number of ether oxygens (including phenoxy) is 1. The molecule has 1 rings (SSSR count). The maximum absolute atomic E-state index is 11.4. The van der Waals surface area contributed by atoms with Crippen LogP contribution in [0, 0.1) is 11.3 Å². The number of aromatic nitrogens is 2. The second-order valence-corrected chi connectivity index (χ2v) is 3.57. The van der Waals surface area contributed by atoms with E-state index in [1.165, 1.54) is 10.8 Å². The minimum atomic E-state index is -0.652. The molecule has 0 aromatic carbocycles. The van der Waals surface area contributed by atoms with Gasteiger partial charge in [-0.1, -0.05) is 13.3 Å². The summed E-state index contributed by atoms with van der Waals surface area (Å²) in [5.74, 6) is 0. The zero-order valence-corrected chi connectivity index (χ0v) is 9.73. The summed E-state index contributed by atoms with van der Waals surface area (Å²) in [5.41, 5.74) is -1.24. The Balaban J connectivity index is 2.63. The molecule has 0 saturated heterocycles. The van der Waals surface area contributed by atoms with E-state index in [9.17, 15) is 9.59 Å². The number of hydrogen-bond donors (Lipinski definition) is 1. The third kappa shape index (κ3) is 3.89. The molecule has 0 unspecified atom stereocenters. The van der Waals surface area contributed by atoms with Crippen molar-refractivity contribution in [2.75, 3.05) is 13.2 Å².